The molecule has 1 aromatic rings. The molecule has 0 aromatic carbocycles. The Balaban J connectivity index is 2.17. The van der Waals surface area contributed by atoms with Crippen LogP contribution in [0, 0.1) is 0 Å². The number of nitrogens with zero attached hydrogens (tertiary/aromatic N) is 1. The minimum atomic E-state index is -0.888. The number of ether oxygens (including phenoxy) is 1. The minimum Gasteiger partial charge on any atom is -0.487 e. The monoisotopic (exact) mass is 266 g/mol. The largest absolute Gasteiger partial charge is 0.487 e. The van der Waals surface area contributed by atoms with Crippen molar-refractivity contribution in [1.82, 2.24) is 10.3 Å². The normalized spacial score (nSPS) is 11.6. The second-order valence-corrected chi connectivity index (χ2v) is 4.17. The van der Waals surface area contributed by atoms with E-state index in [-0.39, 0.29) is 24.9 Å². The molecule has 6 heteroatoms. The number of rotatable bonds is 8. The van der Waals surface area contributed by atoms with Crippen LogP contribution in [0.25, 0.3) is 0 Å². The van der Waals surface area contributed by atoms with Crippen molar-refractivity contribution in [1.29, 1.82) is 0 Å². The standard InChI is InChI=1S/C13H18N2O4/c1-10(19-11-4-3-7-14-9-11)8-15-12(16)5-2-6-13(17)18/h3-4,7,9-10H,2,5-6,8H2,1H3,(H,15,16)(H,17,18)/t10-/m0/s1. The lowest BCUT2D eigenvalue weighted by molar-refractivity contribution is -0.137. The molecule has 104 valence electrons. The van der Waals surface area contributed by atoms with Gasteiger partial charge >= 0.3 is 5.97 Å². The molecule has 0 aliphatic heterocycles. The second-order valence-electron chi connectivity index (χ2n) is 4.17. The van der Waals surface area contributed by atoms with Crippen molar-refractivity contribution >= 4 is 11.9 Å². The average molecular weight is 266 g/mol. The number of hydrogen-bond donors (Lipinski definition) is 2. The Kier molecular flexibility index (Phi) is 6.35. The van der Waals surface area contributed by atoms with E-state index in [1.165, 1.54) is 0 Å². The molecule has 1 aromatic heterocycles. The Labute approximate surface area is 111 Å². The number of carboxylic acid groups (broad SMARTS) is 1. The van der Waals surface area contributed by atoms with E-state index in [9.17, 15) is 9.59 Å². The van der Waals surface area contributed by atoms with Crippen LogP contribution in [0.1, 0.15) is 26.2 Å². The zero-order valence-electron chi connectivity index (χ0n) is 10.8. The van der Waals surface area contributed by atoms with E-state index >= 15 is 0 Å². The van der Waals surface area contributed by atoms with Gasteiger partial charge in [-0.25, -0.2) is 0 Å². The maximum atomic E-state index is 11.4. The van der Waals surface area contributed by atoms with Crippen LogP contribution in [0.2, 0.25) is 0 Å². The van der Waals surface area contributed by atoms with Gasteiger partial charge in [0, 0.05) is 19.0 Å². The molecule has 0 aliphatic carbocycles. The number of amides is 1. The lowest BCUT2D eigenvalue weighted by Crippen LogP contribution is -2.33. The molecule has 0 saturated carbocycles. The summed E-state index contributed by atoms with van der Waals surface area (Å²) in [6, 6.07) is 3.56. The molecule has 0 aliphatic rings. The van der Waals surface area contributed by atoms with Gasteiger partial charge in [-0.05, 0) is 25.5 Å². The number of carbonyl (C=O) groups is 2. The third kappa shape index (κ3) is 7.03. The summed E-state index contributed by atoms with van der Waals surface area (Å²) < 4.78 is 5.54. The molecular formula is C13H18N2O4. The Morgan fingerprint density at radius 2 is 2.26 bits per heavy atom. The molecular weight excluding hydrogens is 248 g/mol. The van der Waals surface area contributed by atoms with Gasteiger partial charge in [0.25, 0.3) is 0 Å². The fourth-order valence-corrected chi connectivity index (χ4v) is 1.44. The molecule has 0 radical (unpaired) electrons. The van der Waals surface area contributed by atoms with E-state index in [1.54, 1.807) is 24.5 Å². The van der Waals surface area contributed by atoms with Crippen LogP contribution in [0.3, 0.4) is 0 Å². The molecule has 1 heterocycles. The van der Waals surface area contributed by atoms with Crippen LogP contribution >= 0.6 is 0 Å². The molecule has 0 fully saturated rings. The molecule has 1 atom stereocenters. The SMILES string of the molecule is C[C@@H](CNC(=O)CCCC(=O)O)Oc1cccnc1. The molecule has 6 nitrogen and oxygen atoms in total. The van der Waals surface area contributed by atoms with Crippen molar-refractivity contribution in [3.8, 4) is 5.75 Å². The predicted molar refractivity (Wildman–Crippen MR) is 68.8 cm³/mol. The molecule has 0 saturated heterocycles. The lowest BCUT2D eigenvalue weighted by Gasteiger charge is -2.15. The van der Waals surface area contributed by atoms with Crippen LogP contribution in [0.15, 0.2) is 24.5 Å². The highest BCUT2D eigenvalue weighted by Gasteiger charge is 2.07. The maximum absolute atomic E-state index is 11.4. The zero-order valence-corrected chi connectivity index (χ0v) is 10.8. The highest BCUT2D eigenvalue weighted by atomic mass is 16.5. The summed E-state index contributed by atoms with van der Waals surface area (Å²) in [5.74, 6) is -0.404. The number of pyridine rings is 1. The van der Waals surface area contributed by atoms with Gasteiger partial charge in [0.05, 0.1) is 12.7 Å². The van der Waals surface area contributed by atoms with E-state index < -0.39 is 5.97 Å². The Hall–Kier alpha value is -2.11. The van der Waals surface area contributed by atoms with E-state index in [1.807, 2.05) is 6.92 Å². The lowest BCUT2D eigenvalue weighted by atomic mass is 10.2. The molecule has 0 spiro atoms. The molecule has 19 heavy (non-hydrogen) atoms. The topological polar surface area (TPSA) is 88.5 Å². The fourth-order valence-electron chi connectivity index (χ4n) is 1.44. The number of nitrogens with one attached hydrogen (secondary N) is 1. The van der Waals surface area contributed by atoms with E-state index in [0.717, 1.165) is 0 Å². The summed E-state index contributed by atoms with van der Waals surface area (Å²) in [6.07, 6.45) is 3.65. The van der Waals surface area contributed by atoms with Crippen LogP contribution in [-0.2, 0) is 9.59 Å². The Morgan fingerprint density at radius 1 is 1.47 bits per heavy atom. The number of carboxylic acids is 1. The first-order valence-electron chi connectivity index (χ1n) is 6.13. The highest BCUT2D eigenvalue weighted by Crippen LogP contribution is 2.08. The van der Waals surface area contributed by atoms with Crippen molar-refractivity contribution in [3.63, 3.8) is 0 Å². The summed E-state index contributed by atoms with van der Waals surface area (Å²) in [5.41, 5.74) is 0. The summed E-state index contributed by atoms with van der Waals surface area (Å²) >= 11 is 0. The predicted octanol–water partition coefficient (Wildman–Crippen LogP) is 1.22. The molecule has 0 bridgehead atoms. The number of aromatic nitrogens is 1. The second kappa shape index (κ2) is 8.07. The first kappa shape index (κ1) is 14.9. The Morgan fingerprint density at radius 3 is 2.89 bits per heavy atom. The molecule has 1 rings (SSSR count). The van der Waals surface area contributed by atoms with E-state index in [2.05, 4.69) is 10.3 Å². The van der Waals surface area contributed by atoms with Crippen LogP contribution in [0.4, 0.5) is 0 Å². The van der Waals surface area contributed by atoms with Gasteiger partial charge in [-0.1, -0.05) is 0 Å². The van der Waals surface area contributed by atoms with Gasteiger partial charge in [-0.3, -0.25) is 14.6 Å². The van der Waals surface area contributed by atoms with Gasteiger partial charge in [0.15, 0.2) is 0 Å². The highest BCUT2D eigenvalue weighted by molar-refractivity contribution is 5.76. The Bertz CT molecular complexity index is 408. The zero-order chi connectivity index (χ0) is 14.1. The van der Waals surface area contributed by atoms with Crippen molar-refractivity contribution < 1.29 is 19.4 Å². The summed E-state index contributed by atoms with van der Waals surface area (Å²) in [6.45, 7) is 2.21. The average Bonchev–Trinajstić information content (AvgIpc) is 2.37. The van der Waals surface area contributed by atoms with Crippen molar-refractivity contribution in [3.05, 3.63) is 24.5 Å². The van der Waals surface area contributed by atoms with E-state index in [4.69, 9.17) is 9.84 Å². The van der Waals surface area contributed by atoms with Crippen molar-refractivity contribution in [2.24, 2.45) is 0 Å². The molecule has 1 amide bonds. The summed E-state index contributed by atoms with van der Waals surface area (Å²) in [5, 5.41) is 11.2. The summed E-state index contributed by atoms with van der Waals surface area (Å²) in [7, 11) is 0. The fraction of sp³-hybridized carbons (Fsp3) is 0.462. The van der Waals surface area contributed by atoms with Crippen molar-refractivity contribution in [2.45, 2.75) is 32.3 Å². The van der Waals surface area contributed by atoms with Gasteiger partial charge < -0.3 is 15.2 Å². The van der Waals surface area contributed by atoms with Crippen LogP contribution < -0.4 is 10.1 Å². The number of aliphatic carboxylic acids is 1. The van der Waals surface area contributed by atoms with Crippen LogP contribution in [0.5, 0.6) is 5.75 Å². The third-order valence-corrected chi connectivity index (χ3v) is 2.35. The quantitative estimate of drug-likeness (QED) is 0.738. The van der Waals surface area contributed by atoms with Gasteiger partial charge in [0.2, 0.25) is 5.91 Å². The first-order valence-corrected chi connectivity index (χ1v) is 6.13. The first-order chi connectivity index (χ1) is 9.08. The maximum Gasteiger partial charge on any atom is 0.303 e. The summed E-state index contributed by atoms with van der Waals surface area (Å²) in [4.78, 5) is 25.6. The molecule has 0 unspecified atom stereocenters. The van der Waals surface area contributed by atoms with E-state index in [0.29, 0.717) is 18.7 Å². The third-order valence-electron chi connectivity index (χ3n) is 2.35. The number of carbonyl (C=O) groups excluding carboxylic acids is 1. The van der Waals surface area contributed by atoms with Gasteiger partial charge in [-0.15, -0.1) is 0 Å². The smallest absolute Gasteiger partial charge is 0.303 e. The minimum absolute atomic E-state index is 0.00909. The van der Waals surface area contributed by atoms with Gasteiger partial charge in [0.1, 0.15) is 11.9 Å². The molecule has 2 N–H and O–H groups in total. The van der Waals surface area contributed by atoms with Gasteiger partial charge in [-0.2, -0.15) is 0 Å². The van der Waals surface area contributed by atoms with Crippen molar-refractivity contribution in [2.75, 3.05) is 6.54 Å². The van der Waals surface area contributed by atoms with Crippen LogP contribution in [-0.4, -0.2) is 34.6 Å². The number of hydrogen-bond acceptors (Lipinski definition) is 4.